The molecular formula is C30H50N6O8. The van der Waals surface area contributed by atoms with Crippen molar-refractivity contribution >= 4 is 29.5 Å². The van der Waals surface area contributed by atoms with Crippen molar-refractivity contribution in [3.63, 3.8) is 0 Å². The smallest absolute Gasteiger partial charge is 0.255 e. The molecule has 0 aliphatic heterocycles. The Balaban J connectivity index is 2.02. The van der Waals surface area contributed by atoms with E-state index in [4.69, 9.17) is 5.73 Å². The molecular weight excluding hydrogens is 572 g/mol. The lowest BCUT2D eigenvalue weighted by molar-refractivity contribution is -0.166. The van der Waals surface area contributed by atoms with Gasteiger partial charge in [-0.05, 0) is 63.5 Å². The molecule has 0 aliphatic rings. The molecule has 5 amide bonds. The van der Waals surface area contributed by atoms with Gasteiger partial charge in [0.1, 0.15) is 6.42 Å². The molecule has 0 radical (unpaired) electrons. The molecule has 14 heteroatoms. The van der Waals surface area contributed by atoms with Gasteiger partial charge in [0.15, 0.2) is 0 Å². The first kappa shape index (κ1) is 38.4. The van der Waals surface area contributed by atoms with Crippen LogP contribution in [0, 0.1) is 0 Å². The summed E-state index contributed by atoms with van der Waals surface area (Å²) in [4.78, 5) is 59.8. The summed E-state index contributed by atoms with van der Waals surface area (Å²) >= 11 is 0. The Labute approximate surface area is 259 Å². The number of carbonyl (C=O) groups excluding carboxylic acids is 5. The molecule has 0 unspecified atom stereocenters. The summed E-state index contributed by atoms with van der Waals surface area (Å²) in [5.41, 5.74) is 6.22. The average Bonchev–Trinajstić information content (AvgIpc) is 3.01. The summed E-state index contributed by atoms with van der Waals surface area (Å²) < 4.78 is 0. The third-order valence-electron chi connectivity index (χ3n) is 6.75. The number of hydrogen-bond donors (Lipinski definition) is 6. The first-order chi connectivity index (χ1) is 21.1. The van der Waals surface area contributed by atoms with Gasteiger partial charge in [-0.2, -0.15) is 0 Å². The first-order valence-electron chi connectivity index (χ1n) is 15.4. The number of nitrogens with one attached hydrogen (secondary N) is 2. The third kappa shape index (κ3) is 18.8. The molecule has 0 heterocycles. The van der Waals surface area contributed by atoms with Crippen molar-refractivity contribution in [3.05, 3.63) is 35.9 Å². The second kappa shape index (κ2) is 23.8. The SMILES string of the molecule is NCCCCCN(O)C(=O)CC(=O)NCCCCCN(O)C(=O)CCC(=O)NCCCCCN(O)C(=O)Cc1ccccc1. The van der Waals surface area contributed by atoms with E-state index in [0.29, 0.717) is 74.7 Å². The van der Waals surface area contributed by atoms with E-state index in [1.807, 2.05) is 30.3 Å². The number of hydrogen-bond acceptors (Lipinski definition) is 9. The fourth-order valence-corrected chi connectivity index (χ4v) is 4.13. The van der Waals surface area contributed by atoms with Gasteiger partial charge in [0.2, 0.25) is 23.6 Å². The predicted molar refractivity (Wildman–Crippen MR) is 161 cm³/mol. The minimum Gasteiger partial charge on any atom is -0.356 e. The molecule has 0 atom stereocenters. The predicted octanol–water partition coefficient (Wildman–Crippen LogP) is 1.75. The van der Waals surface area contributed by atoms with Gasteiger partial charge >= 0.3 is 0 Å². The van der Waals surface area contributed by atoms with Crippen molar-refractivity contribution < 1.29 is 39.6 Å². The highest BCUT2D eigenvalue weighted by molar-refractivity contribution is 5.96. The summed E-state index contributed by atoms with van der Waals surface area (Å²) in [5.74, 6) is -2.40. The molecule has 1 aromatic carbocycles. The number of carbonyl (C=O) groups is 5. The second-order valence-electron chi connectivity index (χ2n) is 10.6. The number of hydroxylamine groups is 6. The Morgan fingerprint density at radius 3 is 1.66 bits per heavy atom. The maximum Gasteiger partial charge on any atom is 0.255 e. The monoisotopic (exact) mass is 622 g/mol. The van der Waals surface area contributed by atoms with E-state index in [2.05, 4.69) is 10.6 Å². The van der Waals surface area contributed by atoms with Crippen LogP contribution < -0.4 is 16.4 Å². The minimum atomic E-state index is -0.670. The maximum absolute atomic E-state index is 12.1. The highest BCUT2D eigenvalue weighted by atomic mass is 16.5. The lowest BCUT2D eigenvalue weighted by atomic mass is 10.1. The number of amides is 5. The van der Waals surface area contributed by atoms with Crippen molar-refractivity contribution in [2.24, 2.45) is 5.73 Å². The summed E-state index contributed by atoms with van der Waals surface area (Å²) in [7, 11) is 0. The molecule has 248 valence electrons. The van der Waals surface area contributed by atoms with Crippen LogP contribution in [-0.2, 0) is 30.4 Å². The standard InChI is InChI=1S/C30H50N6O8/c31-17-7-2-10-21-36(44)30(41)24-27(38)33-19-9-4-11-20-34(42)28(39)16-15-26(37)32-18-8-3-12-22-35(43)29(40)23-25-13-5-1-6-14-25/h1,5-6,13-14,42-44H,2-4,7-12,15-24,31H2,(H,32,37)(H,33,38). The minimum absolute atomic E-state index is 0.0575. The normalized spacial score (nSPS) is 10.6. The zero-order valence-electron chi connectivity index (χ0n) is 25.6. The van der Waals surface area contributed by atoms with Crippen LogP contribution in [0.15, 0.2) is 30.3 Å². The van der Waals surface area contributed by atoms with Crippen LogP contribution in [0.25, 0.3) is 0 Å². The number of benzene rings is 1. The molecule has 7 N–H and O–H groups in total. The van der Waals surface area contributed by atoms with Crippen molar-refractivity contribution in [1.29, 1.82) is 0 Å². The molecule has 1 aromatic rings. The number of unbranched alkanes of at least 4 members (excludes halogenated alkanes) is 6. The van der Waals surface area contributed by atoms with Crippen LogP contribution in [0.4, 0.5) is 0 Å². The molecule has 0 saturated carbocycles. The molecule has 0 aliphatic carbocycles. The van der Waals surface area contributed by atoms with Gasteiger partial charge in [-0.15, -0.1) is 0 Å². The van der Waals surface area contributed by atoms with E-state index >= 15 is 0 Å². The van der Waals surface area contributed by atoms with Crippen LogP contribution in [0.2, 0.25) is 0 Å². The van der Waals surface area contributed by atoms with Crippen molar-refractivity contribution in [2.45, 2.75) is 83.5 Å². The van der Waals surface area contributed by atoms with Crippen LogP contribution in [0.5, 0.6) is 0 Å². The highest BCUT2D eigenvalue weighted by Gasteiger charge is 2.16. The van der Waals surface area contributed by atoms with E-state index in [9.17, 15) is 39.6 Å². The average molecular weight is 623 g/mol. The number of nitrogens with two attached hydrogens (primary N) is 1. The molecule has 0 aromatic heterocycles. The number of rotatable bonds is 24. The summed E-state index contributed by atoms with van der Waals surface area (Å²) in [6, 6.07) is 9.16. The topological polar surface area (TPSA) is 206 Å². The maximum atomic E-state index is 12.1. The Morgan fingerprint density at radius 1 is 0.591 bits per heavy atom. The lowest BCUT2D eigenvalue weighted by Gasteiger charge is -2.15. The molecule has 14 nitrogen and oxygen atoms in total. The molecule has 0 spiro atoms. The van der Waals surface area contributed by atoms with Crippen LogP contribution >= 0.6 is 0 Å². The van der Waals surface area contributed by atoms with Gasteiger partial charge in [0, 0.05) is 45.6 Å². The van der Waals surface area contributed by atoms with Crippen LogP contribution in [-0.4, -0.2) is 99.6 Å². The van der Waals surface area contributed by atoms with Crippen LogP contribution in [0.3, 0.4) is 0 Å². The van der Waals surface area contributed by atoms with E-state index in [-0.39, 0.29) is 50.7 Å². The summed E-state index contributed by atoms with van der Waals surface area (Å²) in [6.45, 7) is 1.71. The van der Waals surface area contributed by atoms with Gasteiger partial charge in [0.25, 0.3) is 5.91 Å². The lowest BCUT2D eigenvalue weighted by Crippen LogP contribution is -2.34. The largest absolute Gasteiger partial charge is 0.356 e. The highest BCUT2D eigenvalue weighted by Crippen LogP contribution is 2.05. The van der Waals surface area contributed by atoms with Gasteiger partial charge < -0.3 is 16.4 Å². The Kier molecular flexibility index (Phi) is 20.8. The molecule has 0 bridgehead atoms. The summed E-state index contributed by atoms with van der Waals surface area (Å²) in [5, 5.41) is 36.7. The Hall–Kier alpha value is -3.59. The summed E-state index contributed by atoms with van der Waals surface area (Å²) in [6.07, 6.45) is 5.29. The van der Waals surface area contributed by atoms with Gasteiger partial charge in [0.05, 0.1) is 6.42 Å². The third-order valence-corrected chi connectivity index (χ3v) is 6.75. The quantitative estimate of drug-likeness (QED) is 0.0429. The van der Waals surface area contributed by atoms with E-state index in [1.54, 1.807) is 0 Å². The van der Waals surface area contributed by atoms with E-state index < -0.39 is 24.1 Å². The van der Waals surface area contributed by atoms with Gasteiger partial charge in [-0.1, -0.05) is 36.8 Å². The Morgan fingerprint density at radius 2 is 1.09 bits per heavy atom. The van der Waals surface area contributed by atoms with E-state index in [1.165, 1.54) is 0 Å². The Bertz CT molecular complexity index is 997. The zero-order valence-corrected chi connectivity index (χ0v) is 25.6. The fourth-order valence-electron chi connectivity index (χ4n) is 4.13. The molecule has 44 heavy (non-hydrogen) atoms. The number of nitrogens with zero attached hydrogens (tertiary/aromatic N) is 3. The van der Waals surface area contributed by atoms with Crippen LogP contribution in [0.1, 0.15) is 82.6 Å². The molecule has 0 saturated heterocycles. The van der Waals surface area contributed by atoms with Crippen molar-refractivity contribution in [2.75, 3.05) is 39.3 Å². The fraction of sp³-hybridized carbons (Fsp3) is 0.633. The van der Waals surface area contributed by atoms with Crippen molar-refractivity contribution in [3.8, 4) is 0 Å². The second-order valence-corrected chi connectivity index (χ2v) is 10.6. The molecule has 1 rings (SSSR count). The van der Waals surface area contributed by atoms with E-state index in [0.717, 1.165) is 23.5 Å². The first-order valence-corrected chi connectivity index (χ1v) is 15.4. The van der Waals surface area contributed by atoms with Gasteiger partial charge in [-0.3, -0.25) is 39.6 Å². The molecule has 0 fully saturated rings. The van der Waals surface area contributed by atoms with Crippen molar-refractivity contribution in [1.82, 2.24) is 25.8 Å². The van der Waals surface area contributed by atoms with Gasteiger partial charge in [-0.25, -0.2) is 15.2 Å². The zero-order chi connectivity index (χ0) is 32.6.